The molecule has 0 aliphatic carbocycles. The molecule has 0 spiro atoms. The molecule has 2 aromatic carbocycles. The number of carbonyl (C=O) groups excluding carboxylic acids is 1. The zero-order valence-corrected chi connectivity index (χ0v) is 18.3. The Morgan fingerprint density at radius 2 is 1.80 bits per heavy atom. The molecule has 30 heavy (non-hydrogen) atoms. The minimum absolute atomic E-state index is 0.194. The van der Waals surface area contributed by atoms with Crippen LogP contribution in [0.3, 0.4) is 0 Å². The van der Waals surface area contributed by atoms with E-state index >= 15 is 0 Å². The van der Waals surface area contributed by atoms with Gasteiger partial charge in [0.2, 0.25) is 0 Å². The van der Waals surface area contributed by atoms with Gasteiger partial charge in [0, 0.05) is 31.4 Å². The molecule has 1 N–H and O–H groups in total. The lowest BCUT2D eigenvalue weighted by Crippen LogP contribution is -2.21. The summed E-state index contributed by atoms with van der Waals surface area (Å²) >= 11 is 1.32. The van der Waals surface area contributed by atoms with Crippen molar-refractivity contribution in [3.05, 3.63) is 60.2 Å². The molecule has 8 heteroatoms. The predicted octanol–water partition coefficient (Wildman–Crippen LogP) is 3.57. The quantitative estimate of drug-likeness (QED) is 0.324. The molecule has 0 atom stereocenters. The highest BCUT2D eigenvalue weighted by Crippen LogP contribution is 2.22. The van der Waals surface area contributed by atoms with Crippen LogP contribution in [0.2, 0.25) is 0 Å². The minimum atomic E-state index is -0.194. The molecule has 0 bridgehead atoms. The van der Waals surface area contributed by atoms with E-state index in [0.29, 0.717) is 5.16 Å². The molecule has 0 saturated carbocycles. The van der Waals surface area contributed by atoms with Crippen LogP contribution in [0.1, 0.15) is 19.4 Å². The fraction of sp³-hybridized carbons (Fsp3) is 0.273. The number of benzene rings is 2. The molecule has 1 amide bonds. The first kappa shape index (κ1) is 21.6. The van der Waals surface area contributed by atoms with Gasteiger partial charge in [0.05, 0.1) is 12.0 Å². The van der Waals surface area contributed by atoms with E-state index in [1.54, 1.807) is 6.21 Å². The summed E-state index contributed by atoms with van der Waals surface area (Å²) in [7, 11) is 1.89. The Labute approximate surface area is 181 Å². The van der Waals surface area contributed by atoms with Crippen molar-refractivity contribution in [1.82, 2.24) is 20.2 Å². The van der Waals surface area contributed by atoms with Crippen molar-refractivity contribution in [3.63, 3.8) is 0 Å². The molecule has 1 heterocycles. The van der Waals surface area contributed by atoms with Gasteiger partial charge in [0.15, 0.2) is 11.0 Å². The Morgan fingerprint density at radius 3 is 2.47 bits per heavy atom. The van der Waals surface area contributed by atoms with Crippen LogP contribution >= 0.6 is 11.8 Å². The molecule has 0 aliphatic rings. The van der Waals surface area contributed by atoms with E-state index in [9.17, 15) is 4.79 Å². The molecule has 7 nitrogen and oxygen atoms in total. The predicted molar refractivity (Wildman–Crippen MR) is 123 cm³/mol. The highest BCUT2D eigenvalue weighted by atomic mass is 32.2. The lowest BCUT2D eigenvalue weighted by molar-refractivity contribution is -0.118. The number of carbonyl (C=O) groups is 1. The molecule has 0 unspecified atom stereocenters. The fourth-order valence-corrected chi connectivity index (χ4v) is 3.68. The van der Waals surface area contributed by atoms with Gasteiger partial charge >= 0.3 is 0 Å². The Morgan fingerprint density at radius 1 is 1.10 bits per heavy atom. The van der Waals surface area contributed by atoms with Crippen LogP contribution < -0.4 is 10.3 Å². The van der Waals surface area contributed by atoms with E-state index in [1.165, 1.54) is 17.4 Å². The summed E-state index contributed by atoms with van der Waals surface area (Å²) in [4.78, 5) is 14.4. The standard InChI is InChI=1S/C22H26N6OS/c1-4-28(5-2)19-13-11-17(12-14-19)15-23-24-20(29)16-30-22-26-25-21(27(22)3)18-9-7-6-8-10-18/h6-15H,4-5,16H2,1-3H3,(H,24,29)/b23-15+. The number of rotatable bonds is 9. The Hall–Kier alpha value is -3.13. The van der Waals surface area contributed by atoms with E-state index in [2.05, 4.69) is 51.6 Å². The molecule has 156 valence electrons. The van der Waals surface area contributed by atoms with Gasteiger partial charge in [-0.25, -0.2) is 5.43 Å². The van der Waals surface area contributed by atoms with Crippen LogP contribution in [0.4, 0.5) is 5.69 Å². The maximum atomic E-state index is 12.1. The monoisotopic (exact) mass is 422 g/mol. The summed E-state index contributed by atoms with van der Waals surface area (Å²) in [6, 6.07) is 17.9. The van der Waals surface area contributed by atoms with Crippen molar-refractivity contribution in [2.75, 3.05) is 23.7 Å². The Kier molecular flexibility index (Phi) is 7.62. The van der Waals surface area contributed by atoms with Crippen LogP contribution in [0, 0.1) is 0 Å². The number of amides is 1. The number of nitrogens with zero attached hydrogens (tertiary/aromatic N) is 5. The Balaban J connectivity index is 1.50. The number of hydrogen-bond acceptors (Lipinski definition) is 6. The normalized spacial score (nSPS) is 11.0. The van der Waals surface area contributed by atoms with E-state index < -0.39 is 0 Å². The summed E-state index contributed by atoms with van der Waals surface area (Å²) in [5.74, 6) is 0.781. The largest absolute Gasteiger partial charge is 0.372 e. The van der Waals surface area contributed by atoms with E-state index in [4.69, 9.17) is 0 Å². The molecule has 3 rings (SSSR count). The van der Waals surface area contributed by atoms with Crippen LogP contribution in [0.5, 0.6) is 0 Å². The summed E-state index contributed by atoms with van der Waals surface area (Å²) in [5, 5.41) is 13.1. The van der Waals surface area contributed by atoms with Crippen LogP contribution in [0.25, 0.3) is 11.4 Å². The first-order valence-corrected chi connectivity index (χ1v) is 10.9. The van der Waals surface area contributed by atoms with E-state index in [1.807, 2.05) is 54.1 Å². The molecule has 3 aromatic rings. The zero-order valence-electron chi connectivity index (χ0n) is 17.4. The molecule has 0 saturated heterocycles. The van der Waals surface area contributed by atoms with Crippen molar-refractivity contribution in [2.24, 2.45) is 12.1 Å². The van der Waals surface area contributed by atoms with Crippen molar-refractivity contribution in [3.8, 4) is 11.4 Å². The van der Waals surface area contributed by atoms with Gasteiger partial charge in [-0.05, 0) is 31.5 Å². The second-order valence-corrected chi connectivity index (χ2v) is 7.52. The van der Waals surface area contributed by atoms with Gasteiger partial charge in [-0.15, -0.1) is 10.2 Å². The zero-order chi connectivity index (χ0) is 21.3. The smallest absolute Gasteiger partial charge is 0.250 e. The van der Waals surface area contributed by atoms with Crippen molar-refractivity contribution in [1.29, 1.82) is 0 Å². The third kappa shape index (κ3) is 5.48. The highest BCUT2D eigenvalue weighted by Gasteiger charge is 2.12. The second-order valence-electron chi connectivity index (χ2n) is 6.58. The van der Waals surface area contributed by atoms with Crippen molar-refractivity contribution >= 4 is 29.6 Å². The summed E-state index contributed by atoms with van der Waals surface area (Å²) in [6.45, 7) is 6.21. The molecule has 0 radical (unpaired) electrons. The van der Waals surface area contributed by atoms with Crippen molar-refractivity contribution in [2.45, 2.75) is 19.0 Å². The highest BCUT2D eigenvalue weighted by molar-refractivity contribution is 7.99. The summed E-state index contributed by atoms with van der Waals surface area (Å²) in [6.07, 6.45) is 1.64. The fourth-order valence-electron chi connectivity index (χ4n) is 2.98. The maximum Gasteiger partial charge on any atom is 0.250 e. The van der Waals surface area contributed by atoms with Crippen LogP contribution in [-0.4, -0.2) is 45.7 Å². The van der Waals surface area contributed by atoms with Gasteiger partial charge in [-0.1, -0.05) is 54.2 Å². The third-order valence-electron chi connectivity index (χ3n) is 4.62. The number of aromatic nitrogens is 3. The first-order chi connectivity index (χ1) is 14.6. The molecule has 1 aromatic heterocycles. The lowest BCUT2D eigenvalue weighted by atomic mass is 10.2. The van der Waals surface area contributed by atoms with Gasteiger partial charge < -0.3 is 9.47 Å². The number of hydrogen-bond donors (Lipinski definition) is 1. The average Bonchev–Trinajstić information content (AvgIpc) is 3.15. The topological polar surface area (TPSA) is 75.4 Å². The maximum absolute atomic E-state index is 12.1. The van der Waals surface area contributed by atoms with Gasteiger partial charge in [-0.2, -0.15) is 5.10 Å². The number of anilines is 1. The third-order valence-corrected chi connectivity index (χ3v) is 5.64. The van der Waals surface area contributed by atoms with Crippen LogP contribution in [-0.2, 0) is 11.8 Å². The van der Waals surface area contributed by atoms with Crippen molar-refractivity contribution < 1.29 is 4.79 Å². The lowest BCUT2D eigenvalue weighted by Gasteiger charge is -2.20. The molecular formula is C22H26N6OS. The van der Waals surface area contributed by atoms with Crippen LogP contribution in [0.15, 0.2) is 64.9 Å². The number of nitrogens with one attached hydrogen (secondary N) is 1. The second kappa shape index (κ2) is 10.6. The number of hydrazone groups is 1. The summed E-state index contributed by atoms with van der Waals surface area (Å²) in [5.41, 5.74) is 5.65. The molecule has 0 fully saturated rings. The molecular weight excluding hydrogens is 396 g/mol. The van der Waals surface area contributed by atoms with Gasteiger partial charge in [-0.3, -0.25) is 4.79 Å². The molecule has 0 aliphatic heterocycles. The SMILES string of the molecule is CCN(CC)c1ccc(/C=N/NC(=O)CSc2nnc(-c3ccccc3)n2C)cc1. The van der Waals surface area contributed by atoms with Gasteiger partial charge in [0.1, 0.15) is 0 Å². The number of thioether (sulfide) groups is 1. The minimum Gasteiger partial charge on any atom is -0.372 e. The summed E-state index contributed by atoms with van der Waals surface area (Å²) < 4.78 is 1.88. The van der Waals surface area contributed by atoms with E-state index in [0.717, 1.165) is 30.0 Å². The first-order valence-electron chi connectivity index (χ1n) is 9.86. The van der Waals surface area contributed by atoms with Gasteiger partial charge in [0.25, 0.3) is 5.91 Å². The van der Waals surface area contributed by atoms with E-state index in [-0.39, 0.29) is 11.7 Å². The average molecular weight is 423 g/mol. The Bertz CT molecular complexity index is 981.